The van der Waals surface area contributed by atoms with Crippen LogP contribution in [0.25, 0.3) is 5.69 Å². The zero-order valence-corrected chi connectivity index (χ0v) is 14.4. The Labute approximate surface area is 146 Å². The lowest BCUT2D eigenvalue weighted by Crippen LogP contribution is -2.23. The van der Waals surface area contributed by atoms with E-state index in [0.29, 0.717) is 12.5 Å². The average Bonchev–Trinajstić information content (AvgIpc) is 3.01. The zero-order chi connectivity index (χ0) is 17.2. The van der Waals surface area contributed by atoms with Crippen LogP contribution in [-0.2, 0) is 19.6 Å². The van der Waals surface area contributed by atoms with Crippen LogP contribution in [0.5, 0.6) is 5.88 Å². The highest BCUT2D eigenvalue weighted by molar-refractivity contribution is 5.33. The quantitative estimate of drug-likeness (QED) is 0.784. The Morgan fingerprint density at radius 2 is 2.08 bits per heavy atom. The van der Waals surface area contributed by atoms with Crippen molar-refractivity contribution in [3.8, 4) is 11.6 Å². The molecule has 0 fully saturated rings. The first-order chi connectivity index (χ1) is 12.2. The van der Waals surface area contributed by atoms with Gasteiger partial charge >= 0.3 is 0 Å². The summed E-state index contributed by atoms with van der Waals surface area (Å²) < 4.78 is 7.70. The van der Waals surface area contributed by atoms with Crippen molar-refractivity contribution in [3.63, 3.8) is 0 Å². The van der Waals surface area contributed by atoms with Gasteiger partial charge in [0.25, 0.3) is 0 Å². The van der Waals surface area contributed by atoms with Crippen molar-refractivity contribution in [1.29, 1.82) is 0 Å². The fourth-order valence-electron chi connectivity index (χ4n) is 2.90. The molecule has 3 aromatic rings. The van der Waals surface area contributed by atoms with Gasteiger partial charge in [-0.3, -0.25) is 4.98 Å². The lowest BCUT2D eigenvalue weighted by atomic mass is 10.0. The predicted octanol–water partition coefficient (Wildman–Crippen LogP) is 1.90. The third kappa shape index (κ3) is 3.23. The summed E-state index contributed by atoms with van der Waals surface area (Å²) in [5.41, 5.74) is 6.11. The Balaban J connectivity index is 1.55. The average molecular weight is 336 g/mol. The molecule has 0 amide bonds. The summed E-state index contributed by atoms with van der Waals surface area (Å²) in [6.07, 6.45) is 4.68. The number of nitrogens with one attached hydrogen (secondary N) is 1. The van der Waals surface area contributed by atoms with Crippen molar-refractivity contribution in [2.45, 2.75) is 33.4 Å². The van der Waals surface area contributed by atoms with E-state index in [4.69, 9.17) is 4.74 Å². The minimum absolute atomic E-state index is 0.358. The topological polar surface area (TPSA) is 77.8 Å². The third-order valence-corrected chi connectivity index (χ3v) is 4.40. The maximum atomic E-state index is 5.93. The molecule has 0 saturated carbocycles. The highest BCUT2D eigenvalue weighted by atomic mass is 16.5. The lowest BCUT2D eigenvalue weighted by molar-refractivity contribution is 0.284. The summed E-state index contributed by atoms with van der Waals surface area (Å²) >= 11 is 0. The molecule has 0 atom stereocenters. The summed E-state index contributed by atoms with van der Waals surface area (Å²) in [4.78, 5) is 8.74. The Morgan fingerprint density at radius 3 is 2.92 bits per heavy atom. The molecule has 0 saturated heterocycles. The van der Waals surface area contributed by atoms with E-state index in [2.05, 4.69) is 25.6 Å². The molecule has 4 rings (SSSR count). The Kier molecular flexibility index (Phi) is 4.15. The van der Waals surface area contributed by atoms with Gasteiger partial charge in [0.05, 0.1) is 17.6 Å². The third-order valence-electron chi connectivity index (χ3n) is 4.40. The molecular weight excluding hydrogens is 316 g/mol. The van der Waals surface area contributed by atoms with Crippen LogP contribution >= 0.6 is 0 Å². The second-order valence-electron chi connectivity index (χ2n) is 6.20. The largest absolute Gasteiger partial charge is 0.471 e. The van der Waals surface area contributed by atoms with Gasteiger partial charge in [0.15, 0.2) is 0 Å². The first-order valence-corrected chi connectivity index (χ1v) is 8.36. The van der Waals surface area contributed by atoms with Gasteiger partial charge in [-0.2, -0.15) is 0 Å². The minimum atomic E-state index is 0.358. The summed E-state index contributed by atoms with van der Waals surface area (Å²) in [5.74, 6) is 0.634. The molecule has 7 heteroatoms. The Morgan fingerprint density at radius 1 is 1.16 bits per heavy atom. The fourth-order valence-corrected chi connectivity index (χ4v) is 2.90. The molecule has 0 aliphatic carbocycles. The van der Waals surface area contributed by atoms with E-state index in [0.717, 1.165) is 42.3 Å². The summed E-state index contributed by atoms with van der Waals surface area (Å²) in [5, 5.41) is 11.7. The van der Waals surface area contributed by atoms with E-state index in [-0.39, 0.29) is 0 Å². The number of pyridine rings is 2. The van der Waals surface area contributed by atoms with Crippen LogP contribution in [0, 0.1) is 13.8 Å². The van der Waals surface area contributed by atoms with Crippen LogP contribution in [0.4, 0.5) is 0 Å². The van der Waals surface area contributed by atoms with E-state index in [1.807, 2.05) is 38.2 Å². The second-order valence-corrected chi connectivity index (χ2v) is 6.20. The van der Waals surface area contributed by atoms with Gasteiger partial charge in [-0.15, -0.1) is 5.10 Å². The molecule has 0 aromatic carbocycles. The molecule has 0 spiro atoms. The number of rotatable bonds is 4. The van der Waals surface area contributed by atoms with Gasteiger partial charge in [0.1, 0.15) is 12.3 Å². The van der Waals surface area contributed by atoms with E-state index in [1.54, 1.807) is 10.9 Å². The molecule has 3 aromatic heterocycles. The lowest BCUT2D eigenvalue weighted by Gasteiger charge is -2.17. The molecule has 4 heterocycles. The van der Waals surface area contributed by atoms with E-state index in [1.165, 1.54) is 11.1 Å². The normalized spacial score (nSPS) is 13.5. The maximum Gasteiger partial charge on any atom is 0.213 e. The number of aryl methyl sites for hydroxylation is 2. The van der Waals surface area contributed by atoms with E-state index in [9.17, 15) is 0 Å². The number of fused-ring (bicyclic) bond motifs is 1. The van der Waals surface area contributed by atoms with Gasteiger partial charge < -0.3 is 10.1 Å². The van der Waals surface area contributed by atoms with Crippen molar-refractivity contribution in [3.05, 3.63) is 58.8 Å². The van der Waals surface area contributed by atoms with E-state index < -0.39 is 0 Å². The van der Waals surface area contributed by atoms with Gasteiger partial charge in [-0.05, 0) is 50.1 Å². The maximum absolute atomic E-state index is 5.93. The van der Waals surface area contributed by atoms with Gasteiger partial charge in [-0.1, -0.05) is 5.21 Å². The minimum Gasteiger partial charge on any atom is -0.471 e. The van der Waals surface area contributed by atoms with E-state index >= 15 is 0 Å². The van der Waals surface area contributed by atoms with Crippen LogP contribution in [-0.4, -0.2) is 31.5 Å². The summed E-state index contributed by atoms with van der Waals surface area (Å²) in [6, 6.07) is 5.97. The number of aromatic nitrogens is 5. The number of hydrogen-bond donors (Lipinski definition) is 1. The van der Waals surface area contributed by atoms with Crippen molar-refractivity contribution in [2.75, 3.05) is 6.54 Å². The van der Waals surface area contributed by atoms with Crippen molar-refractivity contribution in [2.24, 2.45) is 0 Å². The van der Waals surface area contributed by atoms with Crippen molar-refractivity contribution >= 4 is 0 Å². The SMILES string of the molecule is Cc1ccc(-n2nnc(C)c2COc2cc3c(cn2)CNCC3)cn1. The molecule has 1 N–H and O–H groups in total. The zero-order valence-electron chi connectivity index (χ0n) is 14.4. The number of hydrogen-bond acceptors (Lipinski definition) is 6. The first-order valence-electron chi connectivity index (χ1n) is 8.36. The monoisotopic (exact) mass is 336 g/mol. The van der Waals surface area contributed by atoms with Gasteiger partial charge in [0.2, 0.25) is 5.88 Å². The molecule has 0 bridgehead atoms. The van der Waals surface area contributed by atoms with Crippen LogP contribution in [0.3, 0.4) is 0 Å². The van der Waals surface area contributed by atoms with Crippen LogP contribution < -0.4 is 10.1 Å². The van der Waals surface area contributed by atoms with Crippen LogP contribution in [0.1, 0.15) is 28.2 Å². The van der Waals surface area contributed by atoms with Crippen molar-refractivity contribution in [1.82, 2.24) is 30.3 Å². The molecule has 1 aliphatic rings. The highest BCUT2D eigenvalue weighted by Gasteiger charge is 2.14. The molecule has 128 valence electrons. The van der Waals surface area contributed by atoms with Crippen molar-refractivity contribution < 1.29 is 4.74 Å². The van der Waals surface area contributed by atoms with Gasteiger partial charge in [-0.25, -0.2) is 9.67 Å². The summed E-state index contributed by atoms with van der Waals surface area (Å²) in [6.45, 7) is 6.11. The number of ether oxygens (including phenoxy) is 1. The summed E-state index contributed by atoms with van der Waals surface area (Å²) in [7, 11) is 0. The molecule has 25 heavy (non-hydrogen) atoms. The fraction of sp³-hybridized carbons (Fsp3) is 0.333. The highest BCUT2D eigenvalue weighted by Crippen LogP contribution is 2.20. The number of nitrogens with zero attached hydrogens (tertiary/aromatic N) is 5. The molecule has 1 aliphatic heterocycles. The Bertz CT molecular complexity index is 887. The van der Waals surface area contributed by atoms with Crippen LogP contribution in [0.2, 0.25) is 0 Å². The standard InChI is InChI=1S/C18H20N6O/c1-12-3-4-16(10-20-12)24-17(13(2)22-23-24)11-25-18-7-14-5-6-19-8-15(14)9-21-18/h3-4,7,9-10,19H,5-6,8,11H2,1-2H3. The molecule has 0 radical (unpaired) electrons. The van der Waals surface area contributed by atoms with Crippen LogP contribution in [0.15, 0.2) is 30.6 Å². The smallest absolute Gasteiger partial charge is 0.213 e. The second kappa shape index (κ2) is 6.60. The molecule has 0 unspecified atom stereocenters. The first kappa shape index (κ1) is 15.7. The predicted molar refractivity (Wildman–Crippen MR) is 92.6 cm³/mol. The Hall–Kier alpha value is -2.80. The van der Waals surface area contributed by atoms with Gasteiger partial charge in [0, 0.05) is 24.5 Å². The molecular formula is C18H20N6O. The molecule has 7 nitrogen and oxygen atoms in total.